The lowest BCUT2D eigenvalue weighted by Gasteiger charge is -2.40. The van der Waals surface area contributed by atoms with Crippen LogP contribution < -0.4 is 9.47 Å². The molecule has 206 valence electrons. The number of aromatic nitrogens is 1. The molecule has 41 heavy (non-hydrogen) atoms. The summed E-state index contributed by atoms with van der Waals surface area (Å²) in [5, 5.41) is 17.5. The summed E-state index contributed by atoms with van der Waals surface area (Å²) in [4.78, 5) is 18.8. The smallest absolute Gasteiger partial charge is 0.262 e. The lowest BCUT2D eigenvalue weighted by Crippen LogP contribution is -2.51. The molecule has 0 unspecified atom stereocenters. The fourth-order valence-electron chi connectivity index (χ4n) is 6.99. The quantitative estimate of drug-likeness (QED) is 0.279. The highest BCUT2D eigenvalue weighted by molar-refractivity contribution is 6.00. The molecular weight excluding hydrogens is 506 g/mol. The standard InChI is InChI=1S/C36H36N3O2/c1-37-22-18-33(38-19-6-7-20-38)32(25-37)35(40)39-21-8-13-34(39)36(41,30-16-14-26-9-2-4-11-28(26)23-30)31-17-15-27-10-3-5-12-29(27)24-31/h2-5,9-12,14-18,22-25,34,41H,6-8,13,19-21H2,1H3/q+1/t34-/m0/s1. The van der Waals surface area contributed by atoms with Gasteiger partial charge in [-0.1, -0.05) is 72.8 Å². The van der Waals surface area contributed by atoms with Crippen molar-refractivity contribution in [3.63, 3.8) is 0 Å². The number of nitrogens with zero attached hydrogens (tertiary/aromatic N) is 3. The largest absolute Gasteiger partial charge is 0.378 e. The Labute approximate surface area is 241 Å². The van der Waals surface area contributed by atoms with Crippen LogP contribution in [0, 0.1) is 0 Å². The van der Waals surface area contributed by atoms with Gasteiger partial charge in [0.25, 0.3) is 5.91 Å². The molecule has 4 aromatic carbocycles. The van der Waals surface area contributed by atoms with E-state index in [2.05, 4.69) is 59.5 Å². The van der Waals surface area contributed by atoms with Crippen LogP contribution in [0.15, 0.2) is 103 Å². The van der Waals surface area contributed by atoms with Crippen LogP contribution in [0.5, 0.6) is 0 Å². The van der Waals surface area contributed by atoms with E-state index in [1.54, 1.807) is 0 Å². The molecule has 0 saturated carbocycles. The van der Waals surface area contributed by atoms with Crippen LogP contribution in [0.25, 0.3) is 21.5 Å². The lowest BCUT2D eigenvalue weighted by molar-refractivity contribution is -0.671. The number of pyridine rings is 1. The number of rotatable bonds is 5. The summed E-state index contributed by atoms with van der Waals surface area (Å²) >= 11 is 0. The second kappa shape index (κ2) is 10.3. The van der Waals surface area contributed by atoms with E-state index in [-0.39, 0.29) is 5.91 Å². The Kier molecular flexibility index (Phi) is 6.47. The highest BCUT2D eigenvalue weighted by Crippen LogP contribution is 2.43. The zero-order valence-electron chi connectivity index (χ0n) is 23.5. The van der Waals surface area contributed by atoms with Gasteiger partial charge in [0.1, 0.15) is 18.2 Å². The molecule has 1 amide bonds. The van der Waals surface area contributed by atoms with Gasteiger partial charge in [0.05, 0.1) is 11.7 Å². The number of amides is 1. The van der Waals surface area contributed by atoms with Crippen LogP contribution >= 0.6 is 0 Å². The molecule has 3 heterocycles. The molecule has 0 radical (unpaired) electrons. The lowest BCUT2D eigenvalue weighted by atomic mass is 9.77. The van der Waals surface area contributed by atoms with E-state index in [9.17, 15) is 9.90 Å². The second-order valence-corrected chi connectivity index (χ2v) is 11.7. The first-order chi connectivity index (χ1) is 20.0. The van der Waals surface area contributed by atoms with E-state index in [1.807, 2.05) is 65.3 Å². The molecule has 2 aliphatic heterocycles. The summed E-state index contributed by atoms with van der Waals surface area (Å²) in [7, 11) is 1.96. The van der Waals surface area contributed by atoms with E-state index in [1.165, 1.54) is 0 Å². The van der Waals surface area contributed by atoms with Crippen molar-refractivity contribution >= 4 is 33.1 Å². The van der Waals surface area contributed by atoms with Gasteiger partial charge < -0.3 is 14.9 Å². The van der Waals surface area contributed by atoms with Gasteiger partial charge >= 0.3 is 0 Å². The molecule has 0 aliphatic carbocycles. The first-order valence-electron chi connectivity index (χ1n) is 14.8. The van der Waals surface area contributed by atoms with Crippen LogP contribution in [0.4, 0.5) is 5.69 Å². The van der Waals surface area contributed by atoms with Gasteiger partial charge in [-0.05, 0) is 70.5 Å². The average Bonchev–Trinajstić information content (AvgIpc) is 3.73. The predicted octanol–water partition coefficient (Wildman–Crippen LogP) is 5.96. The highest BCUT2D eigenvalue weighted by atomic mass is 16.3. The van der Waals surface area contributed by atoms with Crippen molar-refractivity contribution in [2.45, 2.75) is 37.3 Å². The molecule has 5 heteroatoms. The normalized spacial score (nSPS) is 17.6. The monoisotopic (exact) mass is 542 g/mol. The number of hydrogen-bond donors (Lipinski definition) is 1. The predicted molar refractivity (Wildman–Crippen MR) is 164 cm³/mol. The minimum absolute atomic E-state index is 0.00870. The molecular formula is C36H36N3O2+. The van der Waals surface area contributed by atoms with Crippen LogP contribution in [-0.2, 0) is 12.6 Å². The zero-order chi connectivity index (χ0) is 28.0. The summed E-state index contributed by atoms with van der Waals surface area (Å²) in [5.74, 6) is -0.00870. The number of benzene rings is 4. The first-order valence-corrected chi connectivity index (χ1v) is 14.8. The molecule has 1 aromatic heterocycles. The third-order valence-electron chi connectivity index (χ3n) is 9.13. The van der Waals surface area contributed by atoms with Gasteiger partial charge in [0, 0.05) is 25.7 Å². The number of likely N-dealkylation sites (tertiary alicyclic amines) is 1. The Morgan fingerprint density at radius 2 is 1.37 bits per heavy atom. The summed E-state index contributed by atoms with van der Waals surface area (Å²) in [6.07, 6.45) is 7.83. The third-order valence-corrected chi connectivity index (χ3v) is 9.13. The number of aliphatic hydroxyl groups is 1. The van der Waals surface area contributed by atoms with Crippen LogP contribution in [-0.4, -0.2) is 41.6 Å². The number of fused-ring (bicyclic) bond motifs is 2. The van der Waals surface area contributed by atoms with Crippen molar-refractivity contribution in [2.75, 3.05) is 24.5 Å². The Morgan fingerprint density at radius 1 is 0.780 bits per heavy atom. The number of hydrogen-bond acceptors (Lipinski definition) is 3. The van der Waals surface area contributed by atoms with Crippen molar-refractivity contribution in [3.8, 4) is 0 Å². The summed E-state index contributed by atoms with van der Waals surface area (Å²) in [6.45, 7) is 2.55. The van der Waals surface area contributed by atoms with Gasteiger partial charge in [-0.15, -0.1) is 0 Å². The first kappa shape index (κ1) is 25.7. The molecule has 2 fully saturated rings. The number of anilines is 1. The van der Waals surface area contributed by atoms with Crippen molar-refractivity contribution in [1.29, 1.82) is 0 Å². The molecule has 1 atom stereocenters. The third kappa shape index (κ3) is 4.45. The van der Waals surface area contributed by atoms with Crippen molar-refractivity contribution in [1.82, 2.24) is 4.90 Å². The van der Waals surface area contributed by atoms with Crippen molar-refractivity contribution in [2.24, 2.45) is 7.05 Å². The molecule has 2 saturated heterocycles. The molecule has 0 bridgehead atoms. The van der Waals surface area contributed by atoms with E-state index in [4.69, 9.17) is 0 Å². The molecule has 1 N–H and O–H groups in total. The summed E-state index contributed by atoms with van der Waals surface area (Å²) < 4.78 is 1.96. The second-order valence-electron chi connectivity index (χ2n) is 11.7. The summed E-state index contributed by atoms with van der Waals surface area (Å²) in [6, 6.07) is 30.6. The van der Waals surface area contributed by atoms with Gasteiger partial charge in [-0.2, -0.15) is 0 Å². The van der Waals surface area contributed by atoms with Gasteiger partial charge in [-0.3, -0.25) is 4.79 Å². The number of carbonyl (C=O) groups excluding carboxylic acids is 1. The molecule has 2 aliphatic rings. The van der Waals surface area contributed by atoms with Gasteiger partial charge in [-0.25, -0.2) is 4.57 Å². The Morgan fingerprint density at radius 3 is 1.98 bits per heavy atom. The fraction of sp³-hybridized carbons (Fsp3) is 0.278. The van der Waals surface area contributed by atoms with E-state index < -0.39 is 11.6 Å². The maximum absolute atomic E-state index is 14.5. The van der Waals surface area contributed by atoms with E-state index in [0.29, 0.717) is 12.1 Å². The number of aryl methyl sites for hydroxylation is 1. The molecule has 7 rings (SSSR count). The topological polar surface area (TPSA) is 47.7 Å². The minimum atomic E-state index is -1.38. The zero-order valence-corrected chi connectivity index (χ0v) is 23.5. The average molecular weight is 543 g/mol. The summed E-state index contributed by atoms with van der Waals surface area (Å²) in [5.41, 5.74) is 1.95. The number of carbonyl (C=O) groups is 1. The Bertz CT molecular complexity index is 1680. The van der Waals surface area contributed by atoms with Crippen molar-refractivity contribution in [3.05, 3.63) is 120 Å². The van der Waals surface area contributed by atoms with Gasteiger partial charge in [0.15, 0.2) is 12.4 Å². The molecule has 5 aromatic rings. The molecule has 5 nitrogen and oxygen atoms in total. The fourth-order valence-corrected chi connectivity index (χ4v) is 6.99. The van der Waals surface area contributed by atoms with Crippen LogP contribution in [0.2, 0.25) is 0 Å². The van der Waals surface area contributed by atoms with Crippen LogP contribution in [0.3, 0.4) is 0 Å². The van der Waals surface area contributed by atoms with E-state index in [0.717, 1.165) is 77.1 Å². The molecule has 0 spiro atoms. The maximum Gasteiger partial charge on any atom is 0.262 e. The van der Waals surface area contributed by atoms with Crippen molar-refractivity contribution < 1.29 is 14.5 Å². The van der Waals surface area contributed by atoms with Crippen LogP contribution in [0.1, 0.15) is 47.2 Å². The SMILES string of the molecule is C[n+]1ccc(N2CCCC2)c(C(=O)N2CCC[C@H]2C(O)(c2ccc3ccccc3c2)c2ccc3ccccc3c2)c1. The highest BCUT2D eigenvalue weighted by Gasteiger charge is 2.48. The maximum atomic E-state index is 14.5. The minimum Gasteiger partial charge on any atom is -0.378 e. The Hall–Kier alpha value is -4.22. The van der Waals surface area contributed by atoms with Gasteiger partial charge in [0.2, 0.25) is 0 Å². The van der Waals surface area contributed by atoms with E-state index >= 15 is 0 Å². The Balaban J connectivity index is 1.37.